The lowest BCUT2D eigenvalue weighted by Gasteiger charge is -2.20. The van der Waals surface area contributed by atoms with Crippen LogP contribution in [0.5, 0.6) is 0 Å². The Labute approximate surface area is 424 Å². The second-order valence-corrected chi connectivity index (χ2v) is 20.7. The van der Waals surface area contributed by atoms with Crippen LogP contribution in [0.1, 0.15) is 322 Å². The van der Waals surface area contributed by atoms with Gasteiger partial charge in [-0.2, -0.15) is 0 Å². The predicted octanol–water partition coefficient (Wildman–Crippen LogP) is 18.8. The molecular formula is C62H117NO5. The van der Waals surface area contributed by atoms with E-state index in [1.807, 2.05) is 6.08 Å². The Hall–Kier alpha value is -1.92. The number of aliphatic hydroxyl groups excluding tert-OH is 2. The SMILES string of the molecule is CCCCCCCCCCCCCCCCCCC/C=C/C(O)C(CO)NC(=O)CCCCCCCC/C=C\C=C/CCCCCOC(=O)CCCCCCCCCCCCCCCCCCC. The first kappa shape index (κ1) is 66.1. The number of amides is 1. The number of nitrogens with one attached hydrogen (secondary N) is 1. The molecule has 0 aliphatic carbocycles. The Balaban J connectivity index is 3.53. The molecule has 3 N–H and O–H groups in total. The average Bonchev–Trinajstić information content (AvgIpc) is 3.34. The maximum absolute atomic E-state index is 12.5. The maximum atomic E-state index is 12.5. The number of rotatable bonds is 56. The number of aliphatic hydroxyl groups is 2. The third-order valence-corrected chi connectivity index (χ3v) is 13.9. The summed E-state index contributed by atoms with van der Waals surface area (Å²) in [5, 5.41) is 23.1. The summed E-state index contributed by atoms with van der Waals surface area (Å²) in [5.74, 6) is -0.107. The van der Waals surface area contributed by atoms with E-state index in [1.54, 1.807) is 6.08 Å². The molecule has 0 rings (SSSR count). The highest BCUT2D eigenvalue weighted by molar-refractivity contribution is 5.76. The molecule has 6 heteroatoms. The van der Waals surface area contributed by atoms with Gasteiger partial charge in [-0.15, -0.1) is 0 Å². The van der Waals surface area contributed by atoms with Gasteiger partial charge in [-0.25, -0.2) is 0 Å². The van der Waals surface area contributed by atoms with Crippen LogP contribution < -0.4 is 5.32 Å². The zero-order valence-corrected chi connectivity index (χ0v) is 45.6. The lowest BCUT2D eigenvalue weighted by Crippen LogP contribution is -2.45. The van der Waals surface area contributed by atoms with Crippen LogP contribution in [0.4, 0.5) is 0 Å². The number of esters is 1. The Morgan fingerprint density at radius 1 is 0.412 bits per heavy atom. The Kier molecular flexibility index (Phi) is 56.0. The summed E-state index contributed by atoms with van der Waals surface area (Å²) >= 11 is 0. The van der Waals surface area contributed by atoms with Crippen molar-refractivity contribution in [1.82, 2.24) is 5.32 Å². The molecule has 68 heavy (non-hydrogen) atoms. The van der Waals surface area contributed by atoms with Crippen molar-refractivity contribution in [2.45, 2.75) is 334 Å². The van der Waals surface area contributed by atoms with Gasteiger partial charge in [0.1, 0.15) is 0 Å². The number of carbonyl (C=O) groups is 2. The van der Waals surface area contributed by atoms with Gasteiger partial charge < -0.3 is 20.3 Å². The first-order chi connectivity index (χ1) is 33.5. The fraction of sp³-hybridized carbons (Fsp3) is 0.871. The average molecular weight is 957 g/mol. The van der Waals surface area contributed by atoms with Crippen molar-refractivity contribution in [3.63, 3.8) is 0 Å². The largest absolute Gasteiger partial charge is 0.466 e. The summed E-state index contributed by atoms with van der Waals surface area (Å²) in [6, 6.07) is -0.645. The van der Waals surface area contributed by atoms with Crippen LogP contribution in [0.2, 0.25) is 0 Å². The van der Waals surface area contributed by atoms with Crippen molar-refractivity contribution < 1.29 is 24.5 Å². The molecule has 0 aromatic rings. The molecule has 0 aliphatic rings. The van der Waals surface area contributed by atoms with Crippen LogP contribution in [0.3, 0.4) is 0 Å². The van der Waals surface area contributed by atoms with Crippen LogP contribution in [-0.4, -0.2) is 47.4 Å². The third-order valence-electron chi connectivity index (χ3n) is 13.9. The van der Waals surface area contributed by atoms with E-state index in [0.717, 1.165) is 77.0 Å². The third kappa shape index (κ3) is 53.4. The summed E-state index contributed by atoms with van der Waals surface area (Å²) in [7, 11) is 0. The van der Waals surface area contributed by atoms with E-state index in [2.05, 4.69) is 43.5 Å². The number of carbonyl (C=O) groups excluding carboxylic acids is 2. The van der Waals surface area contributed by atoms with E-state index in [9.17, 15) is 19.8 Å². The van der Waals surface area contributed by atoms with Gasteiger partial charge in [0.15, 0.2) is 0 Å². The maximum Gasteiger partial charge on any atom is 0.305 e. The molecule has 0 heterocycles. The second-order valence-electron chi connectivity index (χ2n) is 20.7. The monoisotopic (exact) mass is 956 g/mol. The highest BCUT2D eigenvalue weighted by atomic mass is 16.5. The van der Waals surface area contributed by atoms with Crippen LogP contribution in [0.25, 0.3) is 0 Å². The van der Waals surface area contributed by atoms with Crippen LogP contribution in [-0.2, 0) is 14.3 Å². The molecule has 2 unspecified atom stereocenters. The number of unbranched alkanes of at least 4 members (excludes halogenated alkanes) is 42. The molecule has 0 aromatic carbocycles. The number of hydrogen-bond donors (Lipinski definition) is 3. The van der Waals surface area contributed by atoms with Gasteiger partial charge in [-0.3, -0.25) is 9.59 Å². The molecule has 0 saturated heterocycles. The Bertz CT molecular complexity index is 1100. The van der Waals surface area contributed by atoms with Gasteiger partial charge >= 0.3 is 5.97 Å². The minimum absolute atomic E-state index is 0.0187. The minimum atomic E-state index is -0.860. The topological polar surface area (TPSA) is 95.9 Å². The molecule has 0 aromatic heterocycles. The van der Waals surface area contributed by atoms with Crippen molar-refractivity contribution in [3.05, 3.63) is 36.5 Å². The number of hydrogen-bond acceptors (Lipinski definition) is 5. The number of ether oxygens (including phenoxy) is 1. The first-order valence-corrected chi connectivity index (χ1v) is 30.3. The normalized spacial score (nSPS) is 12.8. The Morgan fingerprint density at radius 2 is 0.721 bits per heavy atom. The van der Waals surface area contributed by atoms with E-state index in [1.165, 1.54) is 218 Å². The lowest BCUT2D eigenvalue weighted by molar-refractivity contribution is -0.143. The number of allylic oxidation sites excluding steroid dienone is 5. The van der Waals surface area contributed by atoms with E-state index in [4.69, 9.17) is 4.74 Å². The molecule has 400 valence electrons. The van der Waals surface area contributed by atoms with Gasteiger partial charge in [0.05, 0.1) is 25.4 Å². The summed E-state index contributed by atoms with van der Waals surface area (Å²) < 4.78 is 5.46. The van der Waals surface area contributed by atoms with Gasteiger partial charge in [-0.05, 0) is 64.2 Å². The summed E-state index contributed by atoms with van der Waals surface area (Å²) in [6.07, 6.45) is 71.7. The van der Waals surface area contributed by atoms with Gasteiger partial charge in [-0.1, -0.05) is 281 Å². The van der Waals surface area contributed by atoms with Gasteiger partial charge in [0, 0.05) is 12.8 Å². The quantitative estimate of drug-likeness (QED) is 0.0244. The highest BCUT2D eigenvalue weighted by Crippen LogP contribution is 2.17. The molecule has 0 fully saturated rings. The first-order valence-electron chi connectivity index (χ1n) is 30.3. The fourth-order valence-electron chi connectivity index (χ4n) is 9.27. The Morgan fingerprint density at radius 3 is 1.09 bits per heavy atom. The minimum Gasteiger partial charge on any atom is -0.466 e. The van der Waals surface area contributed by atoms with Crippen molar-refractivity contribution in [2.24, 2.45) is 0 Å². The van der Waals surface area contributed by atoms with E-state index >= 15 is 0 Å². The van der Waals surface area contributed by atoms with Gasteiger partial charge in [0.2, 0.25) is 5.91 Å². The van der Waals surface area contributed by atoms with Crippen molar-refractivity contribution >= 4 is 11.9 Å². The molecule has 2 atom stereocenters. The van der Waals surface area contributed by atoms with Crippen molar-refractivity contribution in [3.8, 4) is 0 Å². The predicted molar refractivity (Wildman–Crippen MR) is 296 cm³/mol. The molecule has 0 radical (unpaired) electrons. The molecule has 1 amide bonds. The second kappa shape index (κ2) is 57.7. The summed E-state index contributed by atoms with van der Waals surface area (Å²) in [6.45, 7) is 4.87. The molecule has 0 bridgehead atoms. The van der Waals surface area contributed by atoms with E-state index < -0.39 is 12.1 Å². The standard InChI is InChI=1S/C62H117NO5/c1-3-5-7-9-11-13-15-17-19-21-22-24-26-30-34-38-42-46-50-54-60(65)59(58-64)63-61(66)55-51-47-43-39-35-31-27-25-29-33-37-41-45-49-53-57-68-62(67)56-52-48-44-40-36-32-28-23-20-18-16-14-12-10-8-6-4-2/h25,29,33,37,50,54,59-60,64-65H,3-24,26-28,30-32,34-36,38-49,51-53,55-58H2,1-2H3,(H,63,66)/b29-25-,37-33-,54-50+. The van der Waals surface area contributed by atoms with Crippen LogP contribution in [0, 0.1) is 0 Å². The molecule has 6 nitrogen and oxygen atoms in total. The lowest BCUT2D eigenvalue weighted by atomic mass is 10.0. The van der Waals surface area contributed by atoms with Crippen LogP contribution >= 0.6 is 0 Å². The molecule has 0 aliphatic heterocycles. The molecule has 0 spiro atoms. The van der Waals surface area contributed by atoms with Gasteiger partial charge in [0.25, 0.3) is 0 Å². The molecule has 0 saturated carbocycles. The smallest absolute Gasteiger partial charge is 0.305 e. The van der Waals surface area contributed by atoms with E-state index in [0.29, 0.717) is 19.4 Å². The molecular weight excluding hydrogens is 839 g/mol. The fourth-order valence-corrected chi connectivity index (χ4v) is 9.27. The van der Waals surface area contributed by atoms with Crippen LogP contribution in [0.15, 0.2) is 36.5 Å². The zero-order chi connectivity index (χ0) is 49.3. The highest BCUT2D eigenvalue weighted by Gasteiger charge is 2.18. The van der Waals surface area contributed by atoms with E-state index in [-0.39, 0.29) is 18.5 Å². The zero-order valence-electron chi connectivity index (χ0n) is 45.6. The summed E-state index contributed by atoms with van der Waals surface area (Å²) in [4.78, 5) is 24.5. The van der Waals surface area contributed by atoms with Crippen molar-refractivity contribution in [2.75, 3.05) is 13.2 Å². The summed E-state index contributed by atoms with van der Waals surface area (Å²) in [5.41, 5.74) is 0. The van der Waals surface area contributed by atoms with Crippen molar-refractivity contribution in [1.29, 1.82) is 0 Å².